The summed E-state index contributed by atoms with van der Waals surface area (Å²) in [5.41, 5.74) is 0. The monoisotopic (exact) mass is 234 g/mol. The van der Waals surface area contributed by atoms with Gasteiger partial charge in [0.2, 0.25) is 0 Å². The Morgan fingerprint density at radius 2 is 2.17 bits per heavy atom. The Morgan fingerprint density at radius 1 is 1.33 bits per heavy atom. The van der Waals surface area contributed by atoms with Gasteiger partial charge in [0.05, 0.1) is 0 Å². The first kappa shape index (κ1) is 10.5. The van der Waals surface area contributed by atoms with Crippen LogP contribution in [0.25, 0.3) is 0 Å². The first-order valence-corrected chi connectivity index (χ1v) is 5.87. The second-order valence-electron chi connectivity index (χ2n) is 3.76. The Bertz CT molecular complexity index is 116. The summed E-state index contributed by atoms with van der Waals surface area (Å²) >= 11 is 3.68. The molecule has 12 heavy (non-hydrogen) atoms. The smallest absolute Gasteiger partial charge is 0.0462 e. The molecule has 1 aliphatic rings. The number of ether oxygens (including phenoxy) is 1. The topological polar surface area (TPSA) is 9.23 Å². The summed E-state index contributed by atoms with van der Waals surface area (Å²) in [5.74, 6) is 0.992. The van der Waals surface area contributed by atoms with Crippen LogP contribution >= 0.6 is 15.9 Å². The Morgan fingerprint density at radius 3 is 2.75 bits per heavy atom. The first-order chi connectivity index (χ1) is 5.83. The van der Waals surface area contributed by atoms with Crippen molar-refractivity contribution in [3.05, 3.63) is 0 Å². The molecule has 2 atom stereocenters. The van der Waals surface area contributed by atoms with Crippen molar-refractivity contribution in [2.24, 2.45) is 5.92 Å². The molecule has 1 nitrogen and oxygen atoms in total. The second-order valence-corrected chi connectivity index (χ2v) is 5.06. The zero-order valence-electron chi connectivity index (χ0n) is 7.89. The standard InChI is InChI=1S/C10H19BrO/c1-12-7-3-2-4-9-5-6-10(11)8-9/h9-10H,2-8H2,1H3. The van der Waals surface area contributed by atoms with Gasteiger partial charge in [-0.15, -0.1) is 0 Å². The van der Waals surface area contributed by atoms with Gasteiger partial charge in [-0.1, -0.05) is 28.8 Å². The fraction of sp³-hybridized carbons (Fsp3) is 1.00. The van der Waals surface area contributed by atoms with Gasteiger partial charge in [-0.2, -0.15) is 0 Å². The molecule has 0 spiro atoms. The van der Waals surface area contributed by atoms with E-state index in [1.54, 1.807) is 7.11 Å². The third-order valence-corrected chi connectivity index (χ3v) is 3.52. The number of alkyl halides is 1. The van der Waals surface area contributed by atoms with Crippen LogP contribution < -0.4 is 0 Å². The van der Waals surface area contributed by atoms with Gasteiger partial charge in [0.25, 0.3) is 0 Å². The van der Waals surface area contributed by atoms with Gasteiger partial charge in [0.15, 0.2) is 0 Å². The van der Waals surface area contributed by atoms with Gasteiger partial charge in [-0.3, -0.25) is 0 Å². The van der Waals surface area contributed by atoms with Crippen molar-refractivity contribution in [3.8, 4) is 0 Å². The molecule has 0 amide bonds. The van der Waals surface area contributed by atoms with Crippen LogP contribution in [0.5, 0.6) is 0 Å². The zero-order chi connectivity index (χ0) is 8.81. The maximum atomic E-state index is 5.02. The van der Waals surface area contributed by atoms with Gasteiger partial charge in [0.1, 0.15) is 0 Å². The lowest BCUT2D eigenvalue weighted by atomic mass is 10.0. The van der Waals surface area contributed by atoms with E-state index < -0.39 is 0 Å². The van der Waals surface area contributed by atoms with Crippen LogP contribution in [0.15, 0.2) is 0 Å². The minimum Gasteiger partial charge on any atom is -0.385 e. The molecule has 0 aromatic carbocycles. The van der Waals surface area contributed by atoms with E-state index in [0.29, 0.717) is 0 Å². The van der Waals surface area contributed by atoms with E-state index in [0.717, 1.165) is 17.4 Å². The average molecular weight is 235 g/mol. The number of hydrogen-bond donors (Lipinski definition) is 0. The largest absolute Gasteiger partial charge is 0.385 e. The fourth-order valence-corrected chi connectivity index (χ4v) is 2.75. The van der Waals surface area contributed by atoms with Crippen LogP contribution in [0, 0.1) is 5.92 Å². The minimum atomic E-state index is 0.810. The number of methoxy groups -OCH3 is 1. The highest BCUT2D eigenvalue weighted by Crippen LogP contribution is 2.33. The second kappa shape index (κ2) is 5.98. The number of unbranched alkanes of at least 4 members (excludes halogenated alkanes) is 1. The first-order valence-electron chi connectivity index (χ1n) is 4.96. The molecule has 0 N–H and O–H groups in total. The van der Waals surface area contributed by atoms with E-state index in [1.807, 2.05) is 0 Å². The average Bonchev–Trinajstić information content (AvgIpc) is 2.45. The molecule has 72 valence electrons. The molecule has 0 heterocycles. The third kappa shape index (κ3) is 3.90. The molecule has 0 aromatic heterocycles. The van der Waals surface area contributed by atoms with Crippen LogP contribution in [0.4, 0.5) is 0 Å². The molecular weight excluding hydrogens is 216 g/mol. The van der Waals surface area contributed by atoms with E-state index in [-0.39, 0.29) is 0 Å². The van der Waals surface area contributed by atoms with Gasteiger partial charge in [0, 0.05) is 18.5 Å². The molecule has 0 saturated heterocycles. The quantitative estimate of drug-likeness (QED) is 0.524. The summed E-state index contributed by atoms with van der Waals surface area (Å²) in [5, 5.41) is 0. The van der Waals surface area contributed by atoms with E-state index in [2.05, 4.69) is 15.9 Å². The molecular formula is C10H19BrO. The van der Waals surface area contributed by atoms with Crippen molar-refractivity contribution in [2.75, 3.05) is 13.7 Å². The molecule has 1 rings (SSSR count). The number of hydrogen-bond acceptors (Lipinski definition) is 1. The van der Waals surface area contributed by atoms with Crippen LogP contribution in [0.3, 0.4) is 0 Å². The molecule has 1 saturated carbocycles. The Hall–Kier alpha value is 0.440. The van der Waals surface area contributed by atoms with Crippen molar-refractivity contribution in [1.29, 1.82) is 0 Å². The summed E-state index contributed by atoms with van der Waals surface area (Å²) < 4.78 is 5.02. The van der Waals surface area contributed by atoms with E-state index in [4.69, 9.17) is 4.74 Å². The molecule has 0 bridgehead atoms. The molecule has 2 unspecified atom stereocenters. The zero-order valence-corrected chi connectivity index (χ0v) is 9.48. The summed E-state index contributed by atoms with van der Waals surface area (Å²) in [6, 6.07) is 0. The van der Waals surface area contributed by atoms with Crippen LogP contribution in [0.2, 0.25) is 0 Å². The van der Waals surface area contributed by atoms with Crippen molar-refractivity contribution in [3.63, 3.8) is 0 Å². The highest BCUT2D eigenvalue weighted by atomic mass is 79.9. The van der Waals surface area contributed by atoms with Crippen molar-refractivity contribution in [1.82, 2.24) is 0 Å². The van der Waals surface area contributed by atoms with E-state index in [1.165, 1.54) is 38.5 Å². The summed E-state index contributed by atoms with van der Waals surface area (Å²) in [6.45, 7) is 0.935. The lowest BCUT2D eigenvalue weighted by molar-refractivity contribution is 0.190. The Kier molecular flexibility index (Phi) is 5.24. The fourth-order valence-electron chi connectivity index (χ4n) is 1.96. The number of halogens is 1. The lowest BCUT2D eigenvalue weighted by Gasteiger charge is -2.07. The van der Waals surface area contributed by atoms with E-state index in [9.17, 15) is 0 Å². The molecule has 2 heteroatoms. The normalized spacial score (nSPS) is 29.5. The SMILES string of the molecule is COCCCCC1CCC(Br)C1. The predicted octanol–water partition coefficient (Wildman–Crippen LogP) is 3.37. The van der Waals surface area contributed by atoms with Crippen molar-refractivity contribution >= 4 is 15.9 Å². The molecule has 0 radical (unpaired) electrons. The minimum absolute atomic E-state index is 0.810. The molecule has 1 aliphatic carbocycles. The molecule has 0 aliphatic heterocycles. The maximum absolute atomic E-state index is 5.02. The van der Waals surface area contributed by atoms with E-state index >= 15 is 0 Å². The van der Waals surface area contributed by atoms with Crippen LogP contribution in [-0.2, 0) is 4.74 Å². The molecule has 1 fully saturated rings. The van der Waals surface area contributed by atoms with Gasteiger partial charge < -0.3 is 4.74 Å². The predicted molar refractivity (Wildman–Crippen MR) is 55.8 cm³/mol. The highest BCUT2D eigenvalue weighted by molar-refractivity contribution is 9.09. The highest BCUT2D eigenvalue weighted by Gasteiger charge is 2.21. The number of rotatable bonds is 5. The summed E-state index contributed by atoms with van der Waals surface area (Å²) in [7, 11) is 1.78. The Labute approximate surface area is 84.0 Å². The van der Waals surface area contributed by atoms with Gasteiger partial charge >= 0.3 is 0 Å². The van der Waals surface area contributed by atoms with Crippen LogP contribution in [0.1, 0.15) is 38.5 Å². The van der Waals surface area contributed by atoms with Crippen LogP contribution in [-0.4, -0.2) is 18.5 Å². The summed E-state index contributed by atoms with van der Waals surface area (Å²) in [6.07, 6.45) is 8.20. The third-order valence-electron chi connectivity index (χ3n) is 2.69. The van der Waals surface area contributed by atoms with Gasteiger partial charge in [-0.05, 0) is 31.6 Å². The van der Waals surface area contributed by atoms with Crippen molar-refractivity contribution in [2.45, 2.75) is 43.4 Å². The summed E-state index contributed by atoms with van der Waals surface area (Å²) in [4.78, 5) is 0.810. The molecule has 0 aromatic rings. The Balaban J connectivity index is 1.93. The maximum Gasteiger partial charge on any atom is 0.0462 e. The lowest BCUT2D eigenvalue weighted by Crippen LogP contribution is -1.97. The van der Waals surface area contributed by atoms with Crippen molar-refractivity contribution < 1.29 is 4.74 Å². The van der Waals surface area contributed by atoms with Gasteiger partial charge in [-0.25, -0.2) is 0 Å².